The minimum Gasteiger partial charge on any atom is -0.326 e. The minimum atomic E-state index is 0.539. The second-order valence-electron chi connectivity index (χ2n) is 4.64. The Labute approximate surface area is 100 Å². The van der Waals surface area contributed by atoms with E-state index in [2.05, 4.69) is 15.4 Å². The minimum absolute atomic E-state index is 0.539. The molecule has 0 amide bonds. The van der Waals surface area contributed by atoms with Crippen molar-refractivity contribution in [3.8, 4) is 0 Å². The number of nitrogens with zero attached hydrogens (tertiary/aromatic N) is 3. The van der Waals surface area contributed by atoms with E-state index in [1.807, 2.05) is 22.8 Å². The molecule has 1 fully saturated rings. The first-order chi connectivity index (χ1) is 8.35. The highest BCUT2D eigenvalue weighted by Gasteiger charge is 2.17. The fraction of sp³-hybridized carbons (Fsp3) is 0.500. The molecule has 3 N–H and O–H groups in total. The second kappa shape index (κ2) is 4.43. The molecule has 2 aromatic heterocycles. The lowest BCUT2D eigenvalue weighted by Crippen LogP contribution is -2.11. The maximum Gasteiger partial charge on any atom is 0.155 e. The second-order valence-corrected chi connectivity index (χ2v) is 4.64. The molecule has 2 aromatic rings. The first-order valence-electron chi connectivity index (χ1n) is 6.10. The molecular weight excluding hydrogens is 214 g/mol. The Balaban J connectivity index is 1.85. The zero-order valence-corrected chi connectivity index (χ0v) is 9.76. The molecule has 0 radical (unpaired) electrons. The fourth-order valence-corrected chi connectivity index (χ4v) is 2.33. The molecule has 0 saturated carbocycles. The van der Waals surface area contributed by atoms with Crippen LogP contribution >= 0.6 is 0 Å². The van der Waals surface area contributed by atoms with Crippen molar-refractivity contribution in [3.05, 3.63) is 29.7 Å². The van der Waals surface area contributed by atoms with Crippen molar-refractivity contribution in [3.63, 3.8) is 0 Å². The van der Waals surface area contributed by atoms with Gasteiger partial charge in [0.15, 0.2) is 11.5 Å². The van der Waals surface area contributed by atoms with E-state index in [4.69, 9.17) is 5.73 Å². The molecule has 1 unspecified atom stereocenters. The van der Waals surface area contributed by atoms with E-state index < -0.39 is 0 Å². The molecule has 1 saturated heterocycles. The van der Waals surface area contributed by atoms with Gasteiger partial charge in [0, 0.05) is 19.2 Å². The fourth-order valence-electron chi connectivity index (χ4n) is 2.33. The molecular formula is C12H17N5. The molecule has 5 heteroatoms. The van der Waals surface area contributed by atoms with Crippen LogP contribution in [0.15, 0.2) is 18.3 Å². The topological polar surface area (TPSA) is 68.2 Å². The third-order valence-electron chi connectivity index (χ3n) is 3.31. The van der Waals surface area contributed by atoms with Gasteiger partial charge < -0.3 is 11.1 Å². The lowest BCUT2D eigenvalue weighted by molar-refractivity contribution is 0.561. The molecule has 3 rings (SSSR count). The highest BCUT2D eigenvalue weighted by atomic mass is 15.3. The van der Waals surface area contributed by atoms with E-state index in [0.717, 1.165) is 36.5 Å². The van der Waals surface area contributed by atoms with Crippen LogP contribution in [0.25, 0.3) is 5.65 Å². The predicted molar refractivity (Wildman–Crippen MR) is 65.6 cm³/mol. The predicted octanol–water partition coefficient (Wildman–Crippen LogP) is 0.340. The molecule has 1 aliphatic rings. The molecule has 3 heterocycles. The third-order valence-corrected chi connectivity index (χ3v) is 3.31. The lowest BCUT2D eigenvalue weighted by atomic mass is 10.1. The summed E-state index contributed by atoms with van der Waals surface area (Å²) >= 11 is 0. The van der Waals surface area contributed by atoms with Crippen molar-refractivity contribution in [1.29, 1.82) is 0 Å². The number of hydrogen-bond donors (Lipinski definition) is 2. The van der Waals surface area contributed by atoms with Crippen molar-refractivity contribution >= 4 is 5.65 Å². The summed E-state index contributed by atoms with van der Waals surface area (Å²) in [6, 6.07) is 3.98. The van der Waals surface area contributed by atoms with Gasteiger partial charge in [-0.15, -0.1) is 0 Å². The van der Waals surface area contributed by atoms with E-state index in [0.29, 0.717) is 12.5 Å². The third kappa shape index (κ3) is 2.16. The van der Waals surface area contributed by atoms with Crippen LogP contribution in [0.5, 0.6) is 0 Å². The molecule has 5 nitrogen and oxygen atoms in total. The zero-order valence-electron chi connectivity index (χ0n) is 9.76. The van der Waals surface area contributed by atoms with Gasteiger partial charge in [0.2, 0.25) is 0 Å². The Hall–Kier alpha value is -1.46. The largest absolute Gasteiger partial charge is 0.326 e. The van der Waals surface area contributed by atoms with Crippen LogP contribution in [0.1, 0.15) is 17.8 Å². The summed E-state index contributed by atoms with van der Waals surface area (Å²) in [6.07, 6.45) is 4.15. The average molecular weight is 231 g/mol. The van der Waals surface area contributed by atoms with Crippen molar-refractivity contribution in [2.24, 2.45) is 11.7 Å². The Morgan fingerprint density at radius 3 is 3.18 bits per heavy atom. The quantitative estimate of drug-likeness (QED) is 0.799. The molecule has 17 heavy (non-hydrogen) atoms. The Morgan fingerprint density at radius 1 is 1.47 bits per heavy atom. The summed E-state index contributed by atoms with van der Waals surface area (Å²) in [5.74, 6) is 1.62. The van der Waals surface area contributed by atoms with Crippen molar-refractivity contribution in [1.82, 2.24) is 19.9 Å². The van der Waals surface area contributed by atoms with E-state index in [1.165, 1.54) is 6.42 Å². The van der Waals surface area contributed by atoms with Gasteiger partial charge in [-0.25, -0.2) is 9.50 Å². The van der Waals surface area contributed by atoms with E-state index in [9.17, 15) is 0 Å². The number of nitrogens with one attached hydrogen (secondary N) is 1. The summed E-state index contributed by atoms with van der Waals surface area (Å²) in [6.45, 7) is 2.75. The van der Waals surface area contributed by atoms with Gasteiger partial charge in [-0.2, -0.15) is 5.10 Å². The van der Waals surface area contributed by atoms with Gasteiger partial charge in [0.1, 0.15) is 0 Å². The van der Waals surface area contributed by atoms with E-state index in [-0.39, 0.29) is 0 Å². The summed E-state index contributed by atoms with van der Waals surface area (Å²) in [5, 5.41) is 7.87. The van der Waals surface area contributed by atoms with Crippen molar-refractivity contribution in [2.75, 3.05) is 13.1 Å². The number of fused-ring (bicyclic) bond motifs is 1. The van der Waals surface area contributed by atoms with Gasteiger partial charge in [-0.3, -0.25) is 0 Å². The monoisotopic (exact) mass is 231 g/mol. The van der Waals surface area contributed by atoms with Crippen LogP contribution in [0.3, 0.4) is 0 Å². The molecule has 90 valence electrons. The maximum absolute atomic E-state index is 5.61. The van der Waals surface area contributed by atoms with Crippen molar-refractivity contribution < 1.29 is 0 Å². The van der Waals surface area contributed by atoms with Crippen molar-refractivity contribution in [2.45, 2.75) is 19.4 Å². The lowest BCUT2D eigenvalue weighted by Gasteiger charge is -2.02. The summed E-state index contributed by atoms with van der Waals surface area (Å²) in [7, 11) is 0. The molecule has 1 aliphatic heterocycles. The van der Waals surface area contributed by atoms with Gasteiger partial charge in [0.05, 0.1) is 0 Å². The Bertz CT molecular complexity index is 513. The smallest absolute Gasteiger partial charge is 0.155 e. The first kappa shape index (κ1) is 10.7. The SMILES string of the molecule is NCc1ccc2nc(CC3CCNC3)nn2c1. The van der Waals surface area contributed by atoms with Crippen LogP contribution < -0.4 is 11.1 Å². The summed E-state index contributed by atoms with van der Waals surface area (Å²) < 4.78 is 1.83. The summed E-state index contributed by atoms with van der Waals surface area (Å²) in [4.78, 5) is 4.53. The number of hydrogen-bond acceptors (Lipinski definition) is 4. The maximum atomic E-state index is 5.61. The molecule has 1 atom stereocenters. The molecule has 0 bridgehead atoms. The van der Waals surface area contributed by atoms with Crippen LogP contribution in [-0.2, 0) is 13.0 Å². The van der Waals surface area contributed by atoms with Gasteiger partial charge in [0.25, 0.3) is 0 Å². The average Bonchev–Trinajstić information content (AvgIpc) is 2.96. The molecule has 0 spiro atoms. The van der Waals surface area contributed by atoms with E-state index in [1.54, 1.807) is 0 Å². The van der Waals surface area contributed by atoms with Crippen LogP contribution in [0.4, 0.5) is 0 Å². The van der Waals surface area contributed by atoms with Crippen LogP contribution in [-0.4, -0.2) is 27.7 Å². The van der Waals surface area contributed by atoms with Crippen LogP contribution in [0, 0.1) is 5.92 Å². The normalized spacial score (nSPS) is 20.2. The summed E-state index contributed by atoms with van der Waals surface area (Å²) in [5.41, 5.74) is 7.60. The highest BCUT2D eigenvalue weighted by molar-refractivity contribution is 5.38. The molecule has 0 aliphatic carbocycles. The van der Waals surface area contributed by atoms with Crippen LogP contribution in [0.2, 0.25) is 0 Å². The molecule has 0 aromatic carbocycles. The number of pyridine rings is 1. The number of nitrogens with two attached hydrogens (primary N) is 1. The van der Waals surface area contributed by atoms with E-state index >= 15 is 0 Å². The number of rotatable bonds is 3. The number of aromatic nitrogens is 3. The first-order valence-corrected chi connectivity index (χ1v) is 6.10. The highest BCUT2D eigenvalue weighted by Crippen LogP contribution is 2.13. The van der Waals surface area contributed by atoms with Gasteiger partial charge in [-0.05, 0) is 37.1 Å². The standard InChI is InChI=1S/C12H17N5/c13-6-10-1-2-12-15-11(16-17(12)8-10)5-9-3-4-14-7-9/h1-2,8-9,14H,3-7,13H2. The van der Waals surface area contributed by atoms with Gasteiger partial charge in [-0.1, -0.05) is 6.07 Å². The Kier molecular flexibility index (Phi) is 2.78. The Morgan fingerprint density at radius 2 is 2.41 bits per heavy atom. The zero-order chi connectivity index (χ0) is 11.7. The van der Waals surface area contributed by atoms with Gasteiger partial charge >= 0.3 is 0 Å².